The molecule has 216 valence electrons. The van der Waals surface area contributed by atoms with Crippen molar-refractivity contribution in [2.45, 2.75) is 103 Å². The quantitative estimate of drug-likeness (QED) is 0.205. The van der Waals surface area contributed by atoms with Gasteiger partial charge in [-0.15, -0.1) is 0 Å². The maximum absolute atomic E-state index is 13.9. The van der Waals surface area contributed by atoms with E-state index in [9.17, 15) is 19.7 Å². The smallest absolute Gasteiger partial charge is 0.455 e. The number of nitrogens with zero attached hydrogens (tertiary/aromatic N) is 1. The number of phenols is 1. The number of benzene rings is 1. The van der Waals surface area contributed by atoms with Gasteiger partial charge in [-0.25, -0.2) is 0 Å². The van der Waals surface area contributed by atoms with Gasteiger partial charge < -0.3 is 14.8 Å². The van der Waals surface area contributed by atoms with E-state index in [0.29, 0.717) is 24.2 Å². The number of carbonyl (C=O) groups excluding carboxylic acids is 2. The molecule has 2 saturated heterocycles. The molecule has 40 heavy (non-hydrogen) atoms. The summed E-state index contributed by atoms with van der Waals surface area (Å²) in [5.41, 5.74) is 4.49. The summed E-state index contributed by atoms with van der Waals surface area (Å²) in [5.74, 6) is -0.522. The highest BCUT2D eigenvalue weighted by atomic mass is 35.5. The summed E-state index contributed by atoms with van der Waals surface area (Å²) in [7, 11) is -0.956. The molecule has 2 N–H and O–H groups in total. The molecule has 4 aliphatic rings. The van der Waals surface area contributed by atoms with E-state index in [0.717, 1.165) is 56.1 Å². The van der Waals surface area contributed by atoms with E-state index in [1.807, 2.05) is 6.07 Å². The second kappa shape index (κ2) is 12.4. The molecule has 8 heteroatoms. The van der Waals surface area contributed by atoms with Gasteiger partial charge in [0.05, 0.1) is 23.0 Å². The van der Waals surface area contributed by atoms with Crippen LogP contribution in [0.1, 0.15) is 90.5 Å². The summed E-state index contributed by atoms with van der Waals surface area (Å²) in [5, 5.41) is 21.1. The maximum Gasteiger partial charge on any atom is 0.455 e. The van der Waals surface area contributed by atoms with Crippen LogP contribution in [0.2, 0.25) is 11.3 Å². The zero-order valence-corrected chi connectivity index (χ0v) is 24.8. The number of hydrogen-bond donors (Lipinski definition) is 2. The second-order valence-electron chi connectivity index (χ2n) is 12.5. The van der Waals surface area contributed by atoms with Crippen molar-refractivity contribution in [1.29, 1.82) is 0 Å². The van der Waals surface area contributed by atoms with Gasteiger partial charge in [0.1, 0.15) is 5.75 Å². The van der Waals surface area contributed by atoms with Crippen molar-refractivity contribution < 1.29 is 24.4 Å². The lowest BCUT2D eigenvalue weighted by Gasteiger charge is -2.44. The number of imide groups is 1. The fraction of sp³-hybridized carbons (Fsp3) is 0.625. The Hall–Kier alpha value is -2.09. The Labute approximate surface area is 243 Å². The van der Waals surface area contributed by atoms with Crippen molar-refractivity contribution >= 4 is 36.6 Å². The maximum atomic E-state index is 13.9. The van der Waals surface area contributed by atoms with Crippen molar-refractivity contribution in [1.82, 2.24) is 4.90 Å². The lowest BCUT2D eigenvalue weighted by atomic mass is 9.57. The summed E-state index contributed by atoms with van der Waals surface area (Å²) >= 11 is 6.40. The molecule has 2 aliphatic carbocycles. The minimum Gasteiger partial charge on any atom is -0.508 e. The van der Waals surface area contributed by atoms with Gasteiger partial charge in [-0.3, -0.25) is 14.5 Å². The highest BCUT2D eigenvalue weighted by Crippen LogP contribution is 2.52. The number of carbonyl (C=O) groups is 2. The van der Waals surface area contributed by atoms with Crippen LogP contribution in [0, 0.1) is 23.7 Å². The van der Waals surface area contributed by atoms with Crippen LogP contribution in [-0.2, 0) is 14.2 Å². The van der Waals surface area contributed by atoms with Crippen LogP contribution in [-0.4, -0.2) is 46.1 Å². The number of allylic oxidation sites excluding steroid dienone is 2. The number of rotatable bonds is 8. The molecule has 0 aromatic heterocycles. The summed E-state index contributed by atoms with van der Waals surface area (Å²) in [6.45, 7) is 6.47. The molecular weight excluding hydrogens is 525 g/mol. The first kappa shape index (κ1) is 29.4. The second-order valence-corrected chi connectivity index (χ2v) is 12.9. The Morgan fingerprint density at radius 2 is 1.90 bits per heavy atom. The first-order chi connectivity index (χ1) is 19.2. The molecule has 0 radical (unpaired) electrons. The van der Waals surface area contributed by atoms with Crippen LogP contribution < -0.4 is 0 Å². The van der Waals surface area contributed by atoms with Crippen molar-refractivity contribution in [2.24, 2.45) is 23.7 Å². The van der Waals surface area contributed by atoms with Gasteiger partial charge in [-0.05, 0) is 86.0 Å². The summed E-state index contributed by atoms with van der Waals surface area (Å²) in [6, 6.07) is 5.04. The Morgan fingerprint density at radius 1 is 1.15 bits per heavy atom. The van der Waals surface area contributed by atoms with Gasteiger partial charge in [0.25, 0.3) is 0 Å². The van der Waals surface area contributed by atoms with Gasteiger partial charge in [0.2, 0.25) is 11.8 Å². The summed E-state index contributed by atoms with van der Waals surface area (Å²) in [6.07, 6.45) is 11.2. The molecule has 5 rings (SSSR count). The molecule has 2 amide bonds. The minimum absolute atomic E-state index is 0.00979. The Kier molecular flexibility index (Phi) is 9.13. The zero-order chi connectivity index (χ0) is 28.6. The highest BCUT2D eigenvalue weighted by Gasteiger charge is 2.58. The number of halogens is 1. The lowest BCUT2D eigenvalue weighted by Crippen LogP contribution is -2.47. The molecule has 1 aromatic carbocycles. The first-order valence-electron chi connectivity index (χ1n) is 15.3. The fourth-order valence-corrected chi connectivity index (χ4v) is 7.96. The van der Waals surface area contributed by atoms with Crippen LogP contribution in [0.4, 0.5) is 0 Å². The number of aromatic hydroxyl groups is 1. The Balaban J connectivity index is 1.42. The average Bonchev–Trinajstić information content (AvgIpc) is 3.18. The average molecular weight is 568 g/mol. The van der Waals surface area contributed by atoms with Crippen LogP contribution in [0.25, 0.3) is 6.08 Å². The predicted octanol–water partition coefficient (Wildman–Crippen LogP) is 6.80. The molecule has 0 unspecified atom stereocenters. The third kappa shape index (κ3) is 5.80. The molecule has 2 heterocycles. The predicted molar refractivity (Wildman–Crippen MR) is 159 cm³/mol. The van der Waals surface area contributed by atoms with E-state index in [4.69, 9.17) is 16.3 Å². The van der Waals surface area contributed by atoms with Gasteiger partial charge in [0.15, 0.2) is 0 Å². The van der Waals surface area contributed by atoms with E-state index in [1.165, 1.54) is 17.6 Å². The van der Waals surface area contributed by atoms with Gasteiger partial charge in [-0.1, -0.05) is 75.3 Å². The molecule has 4 atom stereocenters. The number of likely N-dealkylation sites (tertiary alicyclic amines) is 1. The molecule has 1 aromatic rings. The van der Waals surface area contributed by atoms with Gasteiger partial charge in [0, 0.05) is 6.04 Å². The number of hydrogen-bond acceptors (Lipinski definition) is 5. The number of amides is 2. The van der Waals surface area contributed by atoms with Crippen LogP contribution >= 0.6 is 11.6 Å². The van der Waals surface area contributed by atoms with Crippen molar-refractivity contribution in [3.8, 4) is 5.75 Å². The van der Waals surface area contributed by atoms with Crippen molar-refractivity contribution in [3.63, 3.8) is 0 Å². The van der Waals surface area contributed by atoms with Crippen molar-refractivity contribution in [3.05, 3.63) is 45.5 Å². The minimum atomic E-state index is -0.956. The van der Waals surface area contributed by atoms with E-state index in [-0.39, 0.29) is 47.5 Å². The standard InChI is InChI=1S/C32H43BClNO5/c1-4-8-20(15-21-12-13-23(36)16-27(21)34)11-14-28-29-24(19(2)3)17-25-30(26(29)18-33(39)40-28)32(38)35(31(25)37)22-9-6-5-7-10-22/h12-13,15-16,19,22,25-26,28,30,36,39H,4-11,14,17-18H2,1-3H3/b20-15+/t25-,26+,28-,30-/m1/s1. The number of fused-ring (bicyclic) bond motifs is 3. The highest BCUT2D eigenvalue weighted by molar-refractivity contribution is 6.43. The molecule has 3 fully saturated rings. The molecule has 0 spiro atoms. The molecular formula is C32H43BClNO5. The first-order valence-corrected chi connectivity index (χ1v) is 15.7. The van der Waals surface area contributed by atoms with E-state index < -0.39 is 13.0 Å². The van der Waals surface area contributed by atoms with E-state index in [1.54, 1.807) is 17.0 Å². The summed E-state index contributed by atoms with van der Waals surface area (Å²) in [4.78, 5) is 29.3. The van der Waals surface area contributed by atoms with Crippen LogP contribution in [0.15, 0.2) is 34.9 Å². The third-order valence-electron chi connectivity index (χ3n) is 9.56. The molecule has 0 bridgehead atoms. The lowest BCUT2D eigenvalue weighted by molar-refractivity contribution is -0.143. The topological polar surface area (TPSA) is 87.1 Å². The monoisotopic (exact) mass is 567 g/mol. The molecule has 1 saturated carbocycles. The zero-order valence-electron chi connectivity index (χ0n) is 24.1. The SMILES string of the molecule is CCC/C(=C\c1ccc(O)cc1Cl)CC[C@H]1OB(O)C[C@H]2C1=C(C(C)C)C[C@H]1C(=O)N(C3CCCCC3)C(=O)[C@H]12. The molecule has 2 aliphatic heterocycles. The number of phenolic OH excluding ortho intramolecular Hbond substituents is 1. The van der Waals surface area contributed by atoms with Gasteiger partial charge in [-0.2, -0.15) is 0 Å². The fourth-order valence-electron chi connectivity index (χ4n) is 7.73. The largest absolute Gasteiger partial charge is 0.508 e. The van der Waals surface area contributed by atoms with Crippen LogP contribution in [0.3, 0.4) is 0 Å². The van der Waals surface area contributed by atoms with E-state index >= 15 is 0 Å². The van der Waals surface area contributed by atoms with E-state index in [2.05, 4.69) is 26.8 Å². The summed E-state index contributed by atoms with van der Waals surface area (Å²) < 4.78 is 6.21. The normalized spacial score (nSPS) is 28.0. The molecule has 6 nitrogen and oxygen atoms in total. The van der Waals surface area contributed by atoms with Crippen molar-refractivity contribution in [2.75, 3.05) is 0 Å². The Morgan fingerprint density at radius 3 is 2.58 bits per heavy atom. The Bertz CT molecular complexity index is 1190. The van der Waals surface area contributed by atoms with Gasteiger partial charge >= 0.3 is 7.12 Å². The third-order valence-corrected chi connectivity index (χ3v) is 9.88. The van der Waals surface area contributed by atoms with Crippen LogP contribution in [0.5, 0.6) is 5.75 Å².